The van der Waals surface area contributed by atoms with Gasteiger partial charge in [0.2, 0.25) is 17.7 Å². The summed E-state index contributed by atoms with van der Waals surface area (Å²) in [6.45, 7) is -0.748. The molecular weight excluding hydrogens is 902 g/mol. The Morgan fingerprint density at radius 2 is 0.864 bits per heavy atom. The van der Waals surface area contributed by atoms with Crippen molar-refractivity contribution < 1.29 is 129 Å². The second kappa shape index (κ2) is 23.9. The predicted molar refractivity (Wildman–Crippen MR) is 206 cm³/mol. The highest BCUT2D eigenvalue weighted by atomic mass is 16.8. The van der Waals surface area contributed by atoms with Crippen LogP contribution in [-0.4, -0.2) is 276 Å². The van der Waals surface area contributed by atoms with Crippen molar-refractivity contribution in [2.45, 2.75) is 181 Å². The number of aliphatic hydroxyl groups excluding tert-OH is 14. The molecule has 5 heterocycles. The first kappa shape index (κ1) is 54.4. The van der Waals surface area contributed by atoms with E-state index in [0.29, 0.717) is 0 Å². The lowest BCUT2D eigenvalue weighted by Gasteiger charge is -2.50. The maximum absolute atomic E-state index is 12.6. The molecule has 0 spiro atoms. The fraction of sp³-hybridized carbons (Fsp3) is 0.919. The van der Waals surface area contributed by atoms with Crippen LogP contribution in [0.3, 0.4) is 0 Å². The molecule has 0 aromatic heterocycles. The number of hydrogen-bond acceptors (Lipinski definition) is 26. The van der Waals surface area contributed by atoms with Crippen LogP contribution < -0.4 is 16.0 Å². The van der Waals surface area contributed by atoms with Gasteiger partial charge in [0, 0.05) is 20.3 Å². The van der Waals surface area contributed by atoms with E-state index in [1.807, 2.05) is 0 Å². The molecule has 382 valence electrons. The van der Waals surface area contributed by atoms with Crippen molar-refractivity contribution in [3.8, 4) is 0 Å². The summed E-state index contributed by atoms with van der Waals surface area (Å²) in [4.78, 5) is 37.0. The van der Waals surface area contributed by atoms with Crippen LogP contribution >= 0.6 is 0 Å². The van der Waals surface area contributed by atoms with Gasteiger partial charge in [-0.25, -0.2) is 0 Å². The normalized spacial score (nSPS) is 46.6. The quantitative estimate of drug-likeness (QED) is 0.0643. The highest BCUT2D eigenvalue weighted by molar-refractivity contribution is 5.76. The summed E-state index contributed by atoms with van der Waals surface area (Å²) in [7, 11) is 0. The second-order valence-electron chi connectivity index (χ2n) is 16.4. The maximum atomic E-state index is 12.6. The van der Waals surface area contributed by atoms with Crippen LogP contribution in [0.25, 0.3) is 0 Å². The Kier molecular flexibility index (Phi) is 19.7. The third kappa shape index (κ3) is 12.1. The molecule has 0 bridgehead atoms. The number of rotatable bonds is 17. The van der Waals surface area contributed by atoms with E-state index in [0.717, 1.165) is 13.8 Å². The number of hydrogen-bond donors (Lipinski definition) is 17. The van der Waals surface area contributed by atoms with Gasteiger partial charge in [-0.05, 0) is 0 Å². The van der Waals surface area contributed by atoms with Gasteiger partial charge in [-0.3, -0.25) is 14.4 Å². The van der Waals surface area contributed by atoms with E-state index in [2.05, 4.69) is 16.0 Å². The Bertz CT molecular complexity index is 1570. The molecule has 3 amide bonds. The van der Waals surface area contributed by atoms with Crippen LogP contribution in [0.2, 0.25) is 0 Å². The molecule has 5 aliphatic heterocycles. The van der Waals surface area contributed by atoms with Crippen LogP contribution in [0.15, 0.2) is 0 Å². The zero-order valence-corrected chi connectivity index (χ0v) is 35.8. The smallest absolute Gasteiger partial charge is 0.221 e. The molecule has 10 unspecified atom stereocenters. The monoisotopic (exact) mass is 965 g/mol. The molecule has 0 radical (unpaired) electrons. The average Bonchev–Trinajstić information content (AvgIpc) is 3.28. The molecule has 5 aliphatic rings. The van der Waals surface area contributed by atoms with Gasteiger partial charge < -0.3 is 130 Å². The van der Waals surface area contributed by atoms with Gasteiger partial charge in [0.25, 0.3) is 0 Å². The first-order valence-electron chi connectivity index (χ1n) is 21.1. The minimum absolute atomic E-state index is 0.0174. The lowest BCUT2D eigenvalue weighted by atomic mass is 9.93. The highest BCUT2D eigenvalue weighted by Gasteiger charge is 2.56. The van der Waals surface area contributed by atoms with Crippen molar-refractivity contribution in [1.29, 1.82) is 0 Å². The van der Waals surface area contributed by atoms with Gasteiger partial charge in [-0.15, -0.1) is 0 Å². The Hall–Kier alpha value is -2.51. The molecule has 5 rings (SSSR count). The van der Waals surface area contributed by atoms with E-state index >= 15 is 0 Å². The summed E-state index contributed by atoms with van der Waals surface area (Å²) < 4.78 is 51.7. The number of carbonyl (C=O) groups is 3. The number of ether oxygens (including phenoxy) is 9. The molecule has 29 heteroatoms. The van der Waals surface area contributed by atoms with E-state index in [1.54, 1.807) is 0 Å². The van der Waals surface area contributed by atoms with Crippen molar-refractivity contribution in [3.63, 3.8) is 0 Å². The topological polar surface area (TPSA) is 454 Å². The molecule has 0 aromatic rings. The van der Waals surface area contributed by atoms with Crippen molar-refractivity contribution in [2.75, 3.05) is 33.0 Å². The number of aliphatic hydroxyl groups is 14. The van der Waals surface area contributed by atoms with Gasteiger partial charge in [-0.1, -0.05) is 6.92 Å². The molecule has 0 aliphatic carbocycles. The van der Waals surface area contributed by atoms with E-state index in [9.17, 15) is 85.9 Å². The summed E-state index contributed by atoms with van der Waals surface area (Å²) in [5.74, 6) is -2.00. The van der Waals surface area contributed by atoms with Gasteiger partial charge in [0.05, 0.1) is 33.0 Å². The zero-order valence-electron chi connectivity index (χ0n) is 35.8. The summed E-state index contributed by atoms with van der Waals surface area (Å²) in [5, 5.41) is 156. The Labute approximate surface area is 375 Å². The van der Waals surface area contributed by atoms with Crippen molar-refractivity contribution >= 4 is 17.7 Å². The fourth-order valence-corrected chi connectivity index (χ4v) is 8.14. The van der Waals surface area contributed by atoms with Gasteiger partial charge >= 0.3 is 0 Å². The van der Waals surface area contributed by atoms with Crippen molar-refractivity contribution in [1.82, 2.24) is 16.0 Å². The number of nitrogens with one attached hydrogen (secondary N) is 3. The Morgan fingerprint density at radius 3 is 1.39 bits per heavy atom. The second-order valence-corrected chi connectivity index (χ2v) is 16.4. The van der Waals surface area contributed by atoms with Gasteiger partial charge in [0.1, 0.15) is 122 Å². The predicted octanol–water partition coefficient (Wildman–Crippen LogP) is -11.1. The van der Waals surface area contributed by atoms with E-state index in [4.69, 9.17) is 42.6 Å². The Morgan fingerprint density at radius 1 is 0.439 bits per heavy atom. The first-order chi connectivity index (χ1) is 31.2. The molecule has 5 saturated heterocycles. The number of amides is 3. The van der Waals surface area contributed by atoms with Crippen LogP contribution in [0.4, 0.5) is 0 Å². The third-order valence-corrected chi connectivity index (χ3v) is 11.8. The summed E-state index contributed by atoms with van der Waals surface area (Å²) in [6, 6.07) is -3.09. The maximum Gasteiger partial charge on any atom is 0.221 e. The lowest BCUT2D eigenvalue weighted by molar-refractivity contribution is -0.383. The van der Waals surface area contributed by atoms with E-state index in [1.165, 1.54) is 6.92 Å². The molecule has 66 heavy (non-hydrogen) atoms. The van der Waals surface area contributed by atoms with Crippen LogP contribution in [0, 0.1) is 0 Å². The molecular formula is C37H63N3O26. The molecule has 29 nitrogen and oxygen atoms in total. The average molecular weight is 966 g/mol. The Balaban J connectivity index is 1.42. The third-order valence-electron chi connectivity index (χ3n) is 11.8. The minimum Gasteiger partial charge on any atom is -0.394 e. The fourth-order valence-electron chi connectivity index (χ4n) is 8.14. The van der Waals surface area contributed by atoms with Crippen molar-refractivity contribution in [2.24, 2.45) is 0 Å². The van der Waals surface area contributed by atoms with Crippen molar-refractivity contribution in [3.05, 3.63) is 0 Å². The molecule has 5 fully saturated rings. The molecule has 17 N–H and O–H groups in total. The highest BCUT2D eigenvalue weighted by Crippen LogP contribution is 2.35. The van der Waals surface area contributed by atoms with E-state index in [-0.39, 0.29) is 6.42 Å². The van der Waals surface area contributed by atoms with E-state index < -0.39 is 204 Å². The molecule has 0 saturated carbocycles. The first-order valence-corrected chi connectivity index (χ1v) is 21.1. The zero-order chi connectivity index (χ0) is 48.9. The van der Waals surface area contributed by atoms with Gasteiger partial charge in [0.15, 0.2) is 31.4 Å². The summed E-state index contributed by atoms with van der Waals surface area (Å²) in [5.41, 5.74) is 0. The van der Waals surface area contributed by atoms with Crippen LogP contribution in [0.5, 0.6) is 0 Å². The van der Waals surface area contributed by atoms with Crippen LogP contribution in [0.1, 0.15) is 27.2 Å². The molecule has 0 aromatic carbocycles. The molecule has 25 atom stereocenters. The number of carbonyl (C=O) groups excluding carboxylic acids is 3. The SMILES string of the molecule is CCC(=O)N[C@@H]1OC(CO)[C@H](O[C@@H]2OC(CO)[C@H](O[C@@H]3OC(CO[C@@H]4OC(CO)[C@H](O)[C@H](O)C4O)[C@H](O)[C@H](O[C@H]4O[C@H](CO)[C@@H](O)C(O)C4O)C3O)[C@H](O)C2NC(C)=O)[C@H](O)C1NC(C)=O. The largest absolute Gasteiger partial charge is 0.394 e. The van der Waals surface area contributed by atoms with Gasteiger partial charge in [-0.2, -0.15) is 0 Å². The minimum atomic E-state index is -2.19. The summed E-state index contributed by atoms with van der Waals surface area (Å²) >= 11 is 0. The standard InChI is InChI=1S/C37H63N3O26/c1-4-17(47)40-33-18(38-10(2)45)23(51)30(14(7-43)59-33)64-34-19(39-11(3)46)24(52)31(15(8-44)62-34)65-37-29(57)32(66-36-28(56)26(54)21(49)13(6-42)61-36)22(50)16(63-37)9-58-35-27(55)25(53)20(48)12(5-41)60-35/h12-16,18-37,41-44,48-57H,4-9H2,1-3H3,(H,38,45)(H,39,46)(H,40,47)/t12?,13-,14?,15?,16?,18?,19?,20+,21-,22+,23-,24-,25+,26?,27?,28?,29?,30+,31+,32+,33-,34+,35-,36-,37+/m1/s1. The van der Waals surface area contributed by atoms with Crippen LogP contribution in [-0.2, 0) is 57.0 Å². The summed E-state index contributed by atoms with van der Waals surface area (Å²) in [6.07, 6.45) is -41.9. The lowest BCUT2D eigenvalue weighted by Crippen LogP contribution is -2.71.